The summed E-state index contributed by atoms with van der Waals surface area (Å²) in [7, 11) is 0. The highest BCUT2D eigenvalue weighted by Crippen LogP contribution is 2.24. The Morgan fingerprint density at radius 2 is 2.24 bits per heavy atom. The molecule has 0 saturated carbocycles. The van der Waals surface area contributed by atoms with Crippen LogP contribution in [0.5, 0.6) is 5.75 Å². The maximum atomic E-state index is 12.4. The Labute approximate surface area is 124 Å². The number of aromatic hydroxyl groups is 1. The zero-order valence-corrected chi connectivity index (χ0v) is 12.5. The van der Waals surface area contributed by atoms with Crippen molar-refractivity contribution in [2.75, 3.05) is 19.7 Å². The number of aryl methyl sites for hydroxylation is 1. The van der Waals surface area contributed by atoms with Crippen molar-refractivity contribution in [1.29, 1.82) is 0 Å². The summed E-state index contributed by atoms with van der Waals surface area (Å²) in [6.07, 6.45) is 1.21. The Kier molecular flexibility index (Phi) is 3.87. The van der Waals surface area contributed by atoms with Crippen LogP contribution in [0.2, 0.25) is 0 Å². The van der Waals surface area contributed by atoms with Gasteiger partial charge in [0.15, 0.2) is 0 Å². The van der Waals surface area contributed by atoms with Crippen LogP contribution >= 0.6 is 0 Å². The van der Waals surface area contributed by atoms with Crippen molar-refractivity contribution in [3.63, 3.8) is 0 Å². The summed E-state index contributed by atoms with van der Waals surface area (Å²) in [6, 6.07) is 5.43. The Bertz CT molecular complexity index is 546. The van der Waals surface area contributed by atoms with Gasteiger partial charge in [0.1, 0.15) is 5.75 Å². The van der Waals surface area contributed by atoms with Gasteiger partial charge in [-0.3, -0.25) is 9.69 Å². The van der Waals surface area contributed by atoms with Crippen LogP contribution in [0.1, 0.15) is 29.3 Å². The molecule has 0 aliphatic carbocycles. The number of phenolic OH excluding ortho intramolecular Hbond substituents is 1. The molecule has 114 valence electrons. The SMILES string of the molecule is Cc1cc(O)ccc1C(=O)N[C@H]1C[C@H]2CO[C@H](C)CN2C1. The summed E-state index contributed by atoms with van der Waals surface area (Å²) in [5, 5.41) is 12.5. The fourth-order valence-electron chi connectivity index (χ4n) is 3.31. The van der Waals surface area contributed by atoms with Crippen molar-refractivity contribution in [2.45, 2.75) is 38.5 Å². The standard InChI is InChI=1S/C16H22N2O3/c1-10-5-14(19)3-4-15(10)16(20)17-12-6-13-9-21-11(2)7-18(13)8-12/h3-5,11-13,19H,6-9H2,1-2H3,(H,17,20)/t11-,12+,13+/m1/s1. The van der Waals surface area contributed by atoms with Crippen LogP contribution in [0, 0.1) is 6.92 Å². The molecule has 5 nitrogen and oxygen atoms in total. The average Bonchev–Trinajstić information content (AvgIpc) is 2.79. The lowest BCUT2D eigenvalue weighted by Gasteiger charge is -2.33. The quantitative estimate of drug-likeness (QED) is 0.861. The van der Waals surface area contributed by atoms with Crippen molar-refractivity contribution in [2.24, 2.45) is 0 Å². The predicted octanol–water partition coefficient (Wildman–Crippen LogP) is 1.29. The zero-order chi connectivity index (χ0) is 15.0. The van der Waals surface area contributed by atoms with Crippen LogP contribution in [-0.2, 0) is 4.74 Å². The highest BCUT2D eigenvalue weighted by atomic mass is 16.5. The van der Waals surface area contributed by atoms with E-state index in [9.17, 15) is 9.90 Å². The van der Waals surface area contributed by atoms with Gasteiger partial charge in [-0.05, 0) is 44.0 Å². The van der Waals surface area contributed by atoms with E-state index in [1.165, 1.54) is 0 Å². The highest BCUT2D eigenvalue weighted by molar-refractivity contribution is 5.96. The molecule has 2 N–H and O–H groups in total. The predicted molar refractivity (Wildman–Crippen MR) is 79.5 cm³/mol. The first kappa shape index (κ1) is 14.4. The molecule has 3 rings (SSSR count). The summed E-state index contributed by atoms with van der Waals surface area (Å²) in [6.45, 7) is 6.51. The van der Waals surface area contributed by atoms with E-state index in [1.54, 1.807) is 18.2 Å². The third-order valence-corrected chi connectivity index (χ3v) is 4.38. The zero-order valence-electron chi connectivity index (χ0n) is 12.5. The number of nitrogens with one attached hydrogen (secondary N) is 1. The number of hydrogen-bond acceptors (Lipinski definition) is 4. The molecule has 2 aliphatic rings. The largest absolute Gasteiger partial charge is 0.508 e. The third kappa shape index (κ3) is 3.04. The Morgan fingerprint density at radius 1 is 1.43 bits per heavy atom. The van der Waals surface area contributed by atoms with E-state index in [4.69, 9.17) is 4.74 Å². The van der Waals surface area contributed by atoms with Crippen molar-refractivity contribution in [1.82, 2.24) is 10.2 Å². The van der Waals surface area contributed by atoms with Crippen molar-refractivity contribution in [3.8, 4) is 5.75 Å². The number of morpholine rings is 1. The van der Waals surface area contributed by atoms with Gasteiger partial charge >= 0.3 is 0 Å². The van der Waals surface area contributed by atoms with E-state index < -0.39 is 0 Å². The van der Waals surface area contributed by atoms with Crippen molar-refractivity contribution in [3.05, 3.63) is 29.3 Å². The average molecular weight is 290 g/mol. The lowest BCUT2D eigenvalue weighted by atomic mass is 10.1. The smallest absolute Gasteiger partial charge is 0.251 e. The number of nitrogens with zero attached hydrogens (tertiary/aromatic N) is 1. The Balaban J connectivity index is 1.63. The molecule has 5 heteroatoms. The minimum atomic E-state index is -0.0636. The topological polar surface area (TPSA) is 61.8 Å². The van der Waals surface area contributed by atoms with Crippen molar-refractivity contribution >= 4 is 5.91 Å². The van der Waals surface area contributed by atoms with Gasteiger partial charge in [-0.25, -0.2) is 0 Å². The fraction of sp³-hybridized carbons (Fsp3) is 0.562. The summed E-state index contributed by atoms with van der Waals surface area (Å²) in [4.78, 5) is 14.8. The van der Waals surface area contributed by atoms with Gasteiger partial charge in [0.25, 0.3) is 5.91 Å². The van der Waals surface area contributed by atoms with E-state index in [0.717, 1.165) is 31.7 Å². The fourth-order valence-corrected chi connectivity index (χ4v) is 3.31. The number of amides is 1. The number of carbonyl (C=O) groups excluding carboxylic acids is 1. The summed E-state index contributed by atoms with van der Waals surface area (Å²) < 4.78 is 5.68. The van der Waals surface area contributed by atoms with Gasteiger partial charge < -0.3 is 15.2 Å². The minimum absolute atomic E-state index is 0.0636. The van der Waals surface area contributed by atoms with E-state index in [1.807, 2.05) is 6.92 Å². The molecule has 1 aromatic rings. The molecule has 0 radical (unpaired) electrons. The molecule has 0 aromatic heterocycles. The molecule has 21 heavy (non-hydrogen) atoms. The number of hydrogen-bond donors (Lipinski definition) is 2. The van der Waals surface area contributed by atoms with E-state index >= 15 is 0 Å². The number of rotatable bonds is 2. The van der Waals surface area contributed by atoms with Gasteiger partial charge in [-0.15, -0.1) is 0 Å². The molecule has 3 atom stereocenters. The van der Waals surface area contributed by atoms with Crippen LogP contribution in [0.15, 0.2) is 18.2 Å². The molecular formula is C16H22N2O3. The first-order valence-electron chi connectivity index (χ1n) is 7.49. The van der Waals surface area contributed by atoms with E-state index in [-0.39, 0.29) is 23.8 Å². The van der Waals surface area contributed by atoms with Crippen LogP contribution < -0.4 is 5.32 Å². The first-order valence-corrected chi connectivity index (χ1v) is 7.49. The molecule has 0 spiro atoms. The van der Waals surface area contributed by atoms with Gasteiger partial charge in [0, 0.05) is 30.7 Å². The number of benzene rings is 1. The Morgan fingerprint density at radius 3 is 3.00 bits per heavy atom. The summed E-state index contributed by atoms with van der Waals surface area (Å²) in [5.74, 6) is 0.125. The van der Waals surface area contributed by atoms with E-state index in [2.05, 4.69) is 17.1 Å². The van der Waals surface area contributed by atoms with Crippen LogP contribution in [0.4, 0.5) is 0 Å². The van der Waals surface area contributed by atoms with Crippen molar-refractivity contribution < 1.29 is 14.6 Å². The molecule has 2 saturated heterocycles. The highest BCUT2D eigenvalue weighted by Gasteiger charge is 2.36. The molecular weight excluding hydrogens is 268 g/mol. The van der Waals surface area contributed by atoms with Crippen LogP contribution in [0.25, 0.3) is 0 Å². The maximum Gasteiger partial charge on any atom is 0.251 e. The number of phenols is 1. The third-order valence-electron chi connectivity index (χ3n) is 4.38. The number of fused-ring (bicyclic) bond motifs is 1. The maximum absolute atomic E-state index is 12.4. The molecule has 0 bridgehead atoms. The molecule has 0 unspecified atom stereocenters. The molecule has 1 amide bonds. The number of ether oxygens (including phenoxy) is 1. The normalized spacial score (nSPS) is 29.1. The number of carbonyl (C=O) groups is 1. The monoisotopic (exact) mass is 290 g/mol. The lowest BCUT2D eigenvalue weighted by molar-refractivity contribution is -0.0390. The second-order valence-electron chi connectivity index (χ2n) is 6.16. The first-order chi connectivity index (χ1) is 10.0. The van der Waals surface area contributed by atoms with E-state index in [0.29, 0.717) is 11.6 Å². The van der Waals surface area contributed by atoms with Crippen LogP contribution in [0.3, 0.4) is 0 Å². The molecule has 2 aliphatic heterocycles. The molecule has 2 heterocycles. The van der Waals surface area contributed by atoms with Gasteiger partial charge in [-0.1, -0.05) is 0 Å². The van der Waals surface area contributed by atoms with Gasteiger partial charge in [0.2, 0.25) is 0 Å². The lowest BCUT2D eigenvalue weighted by Crippen LogP contribution is -2.45. The summed E-state index contributed by atoms with van der Waals surface area (Å²) >= 11 is 0. The summed E-state index contributed by atoms with van der Waals surface area (Å²) in [5.41, 5.74) is 1.42. The van der Waals surface area contributed by atoms with Crippen LogP contribution in [-0.4, -0.2) is 53.8 Å². The van der Waals surface area contributed by atoms with Gasteiger partial charge in [0.05, 0.1) is 12.7 Å². The van der Waals surface area contributed by atoms with Gasteiger partial charge in [-0.2, -0.15) is 0 Å². The second-order valence-corrected chi connectivity index (χ2v) is 6.16. The molecule has 2 fully saturated rings. The minimum Gasteiger partial charge on any atom is -0.508 e. The Hall–Kier alpha value is -1.59. The molecule has 1 aromatic carbocycles. The second kappa shape index (κ2) is 5.66.